The Hall–Kier alpha value is -3.28. The van der Waals surface area contributed by atoms with Crippen LogP contribution in [0.25, 0.3) is 11.0 Å². The largest absolute Gasteiger partial charge is 0.491 e. The number of ether oxygens (including phenoxy) is 1. The molecule has 27 heavy (non-hydrogen) atoms. The predicted molar refractivity (Wildman–Crippen MR) is 107 cm³/mol. The second-order valence-corrected chi connectivity index (χ2v) is 6.21. The topological polar surface area (TPSA) is 80.6 Å². The molecule has 2 N–H and O–H groups in total. The highest BCUT2D eigenvalue weighted by Gasteiger charge is 2.08. The van der Waals surface area contributed by atoms with Gasteiger partial charge in [-0.25, -0.2) is 4.79 Å². The van der Waals surface area contributed by atoms with Gasteiger partial charge in [-0.3, -0.25) is 4.79 Å². The third-order valence-corrected chi connectivity index (χ3v) is 4.03. The number of aryl methyl sites for hydroxylation is 1. The van der Waals surface area contributed by atoms with Gasteiger partial charge >= 0.3 is 5.63 Å². The summed E-state index contributed by atoms with van der Waals surface area (Å²) in [6.45, 7) is 4.55. The Kier molecular flexibility index (Phi) is 5.76. The summed E-state index contributed by atoms with van der Waals surface area (Å²) in [6.07, 6.45) is 0.890. The van der Waals surface area contributed by atoms with Gasteiger partial charge < -0.3 is 19.8 Å². The van der Waals surface area contributed by atoms with Crippen LogP contribution >= 0.6 is 0 Å². The van der Waals surface area contributed by atoms with E-state index in [1.807, 2.05) is 44.2 Å². The molecule has 3 rings (SSSR count). The van der Waals surface area contributed by atoms with Crippen LogP contribution in [0.3, 0.4) is 0 Å². The monoisotopic (exact) mass is 366 g/mol. The Morgan fingerprint density at radius 2 is 1.96 bits per heavy atom. The Labute approximate surface area is 157 Å². The molecule has 1 amide bonds. The zero-order valence-corrected chi connectivity index (χ0v) is 15.4. The molecule has 0 saturated heterocycles. The van der Waals surface area contributed by atoms with Gasteiger partial charge in [-0.15, -0.1) is 0 Å². The van der Waals surface area contributed by atoms with Crippen molar-refractivity contribution in [2.24, 2.45) is 0 Å². The highest BCUT2D eigenvalue weighted by Crippen LogP contribution is 2.24. The maximum atomic E-state index is 12.3. The molecule has 1 aromatic heterocycles. The van der Waals surface area contributed by atoms with Gasteiger partial charge in [-0.05, 0) is 43.2 Å². The van der Waals surface area contributed by atoms with Crippen molar-refractivity contribution >= 4 is 28.3 Å². The van der Waals surface area contributed by atoms with Gasteiger partial charge in [0.05, 0.1) is 18.8 Å². The lowest BCUT2D eigenvalue weighted by molar-refractivity contribution is -0.114. The fourth-order valence-electron chi connectivity index (χ4n) is 2.72. The van der Waals surface area contributed by atoms with Crippen LogP contribution < -0.4 is 21.0 Å². The minimum atomic E-state index is -0.390. The van der Waals surface area contributed by atoms with Crippen molar-refractivity contribution in [2.75, 3.05) is 23.8 Å². The molecule has 0 radical (unpaired) electrons. The van der Waals surface area contributed by atoms with E-state index < -0.39 is 5.63 Å². The number of carbonyl (C=O) groups is 1. The van der Waals surface area contributed by atoms with Crippen molar-refractivity contribution in [1.82, 2.24) is 0 Å². The molecule has 0 saturated carbocycles. The average Bonchev–Trinajstić information content (AvgIpc) is 2.65. The van der Waals surface area contributed by atoms with E-state index in [9.17, 15) is 9.59 Å². The average molecular weight is 366 g/mol. The van der Waals surface area contributed by atoms with E-state index in [0.29, 0.717) is 29.3 Å². The highest BCUT2D eigenvalue weighted by atomic mass is 16.5. The molecule has 3 aromatic rings. The van der Waals surface area contributed by atoms with Crippen LogP contribution in [0.4, 0.5) is 11.4 Å². The number of hydrogen-bond acceptors (Lipinski definition) is 5. The van der Waals surface area contributed by atoms with E-state index in [1.165, 1.54) is 6.07 Å². The summed E-state index contributed by atoms with van der Waals surface area (Å²) in [7, 11) is 0. The number of amides is 1. The first-order valence-corrected chi connectivity index (χ1v) is 8.87. The molecule has 0 fully saturated rings. The minimum Gasteiger partial charge on any atom is -0.491 e. The molecule has 6 nitrogen and oxygen atoms in total. The van der Waals surface area contributed by atoms with Gasteiger partial charge in [0.15, 0.2) is 0 Å². The van der Waals surface area contributed by atoms with Gasteiger partial charge in [0.2, 0.25) is 5.91 Å². The van der Waals surface area contributed by atoms with Crippen LogP contribution in [-0.4, -0.2) is 19.1 Å². The zero-order valence-electron chi connectivity index (χ0n) is 15.4. The molecule has 6 heteroatoms. The lowest BCUT2D eigenvalue weighted by Gasteiger charge is -2.12. The van der Waals surface area contributed by atoms with Crippen molar-refractivity contribution in [3.63, 3.8) is 0 Å². The summed E-state index contributed by atoms with van der Waals surface area (Å²) in [5.74, 6) is 0.448. The first-order chi connectivity index (χ1) is 13.1. The van der Waals surface area contributed by atoms with Crippen molar-refractivity contribution in [1.29, 1.82) is 0 Å². The Morgan fingerprint density at radius 1 is 1.15 bits per heavy atom. The number of para-hydroxylation sites is 2. The Bertz CT molecular complexity index is 1010. The van der Waals surface area contributed by atoms with Gasteiger partial charge in [0.25, 0.3) is 0 Å². The predicted octanol–water partition coefficient (Wildman–Crippen LogP) is 3.94. The van der Waals surface area contributed by atoms with E-state index in [-0.39, 0.29) is 12.5 Å². The third kappa shape index (κ3) is 4.67. The quantitative estimate of drug-likeness (QED) is 0.619. The highest BCUT2D eigenvalue weighted by molar-refractivity contribution is 5.95. The van der Waals surface area contributed by atoms with Gasteiger partial charge in [0.1, 0.15) is 11.3 Å². The maximum absolute atomic E-state index is 12.3. The first-order valence-electron chi connectivity index (χ1n) is 8.87. The van der Waals surface area contributed by atoms with E-state index in [4.69, 9.17) is 9.15 Å². The Balaban J connectivity index is 1.66. The van der Waals surface area contributed by atoms with Crippen molar-refractivity contribution in [3.8, 4) is 5.75 Å². The van der Waals surface area contributed by atoms with Crippen LogP contribution in [0.1, 0.15) is 18.9 Å². The molecule has 0 aliphatic carbocycles. The lowest BCUT2D eigenvalue weighted by atomic mass is 10.1. The summed E-state index contributed by atoms with van der Waals surface area (Å²) in [5.41, 5.74) is 2.29. The normalized spacial score (nSPS) is 10.6. The summed E-state index contributed by atoms with van der Waals surface area (Å²) in [4.78, 5) is 23.8. The number of anilines is 2. The molecule has 0 atom stereocenters. The van der Waals surface area contributed by atoms with Gasteiger partial charge in [-0.1, -0.05) is 19.1 Å². The first kappa shape index (κ1) is 18.5. The molecule has 0 aliphatic heterocycles. The second kappa shape index (κ2) is 8.40. The molecule has 0 bridgehead atoms. The van der Waals surface area contributed by atoms with Crippen LogP contribution in [0, 0.1) is 6.92 Å². The second-order valence-electron chi connectivity index (χ2n) is 6.21. The van der Waals surface area contributed by atoms with Gasteiger partial charge in [0, 0.05) is 23.2 Å². The number of hydrogen-bond donors (Lipinski definition) is 2. The molecule has 1 heterocycles. The molecular formula is C21H22N2O4. The minimum absolute atomic E-state index is 0.0731. The summed E-state index contributed by atoms with van der Waals surface area (Å²) in [5, 5.41) is 6.76. The van der Waals surface area contributed by atoms with Crippen molar-refractivity contribution in [2.45, 2.75) is 20.3 Å². The number of nitrogens with one attached hydrogen (secondary N) is 2. The third-order valence-electron chi connectivity index (χ3n) is 4.03. The SMILES string of the molecule is CCCOc1ccccc1NC(=O)CNc1ccc2c(C)cc(=O)oc2c1. The summed E-state index contributed by atoms with van der Waals surface area (Å²) < 4.78 is 10.9. The number of carbonyl (C=O) groups excluding carboxylic acids is 1. The van der Waals surface area contributed by atoms with E-state index in [0.717, 1.165) is 17.4 Å². The summed E-state index contributed by atoms with van der Waals surface area (Å²) >= 11 is 0. The van der Waals surface area contributed by atoms with E-state index in [1.54, 1.807) is 12.1 Å². The molecule has 140 valence electrons. The fourth-order valence-corrected chi connectivity index (χ4v) is 2.72. The Morgan fingerprint density at radius 3 is 2.78 bits per heavy atom. The van der Waals surface area contributed by atoms with Crippen LogP contribution in [0.2, 0.25) is 0 Å². The molecular weight excluding hydrogens is 344 g/mol. The lowest BCUT2D eigenvalue weighted by Crippen LogP contribution is -2.22. The van der Waals surface area contributed by atoms with Crippen molar-refractivity contribution < 1.29 is 13.9 Å². The molecule has 0 unspecified atom stereocenters. The molecule has 0 aliphatic rings. The van der Waals surface area contributed by atoms with Crippen LogP contribution in [-0.2, 0) is 4.79 Å². The number of fused-ring (bicyclic) bond motifs is 1. The van der Waals surface area contributed by atoms with Crippen LogP contribution in [0.15, 0.2) is 57.7 Å². The van der Waals surface area contributed by atoms with Crippen molar-refractivity contribution in [3.05, 3.63) is 64.5 Å². The summed E-state index contributed by atoms with van der Waals surface area (Å²) in [6, 6.07) is 14.2. The number of rotatable bonds is 7. The van der Waals surface area contributed by atoms with Gasteiger partial charge in [-0.2, -0.15) is 0 Å². The smallest absolute Gasteiger partial charge is 0.336 e. The molecule has 0 spiro atoms. The maximum Gasteiger partial charge on any atom is 0.336 e. The molecule has 2 aromatic carbocycles. The zero-order chi connectivity index (χ0) is 19.2. The van der Waals surface area contributed by atoms with E-state index in [2.05, 4.69) is 10.6 Å². The standard InChI is InChI=1S/C21H22N2O4/c1-3-10-26-18-7-5-4-6-17(18)23-20(24)13-22-15-8-9-16-14(2)11-21(25)27-19(16)12-15/h4-9,11-12,22H,3,10,13H2,1-2H3,(H,23,24). The van der Waals surface area contributed by atoms with E-state index >= 15 is 0 Å². The van der Waals surface area contributed by atoms with Crippen LogP contribution in [0.5, 0.6) is 5.75 Å². The number of benzene rings is 2. The fraction of sp³-hybridized carbons (Fsp3) is 0.238.